The number of anilines is 1. The molecule has 1 saturated carbocycles. The molecular weight excluding hydrogens is 640 g/mol. The molecule has 0 spiro atoms. The van der Waals surface area contributed by atoms with Gasteiger partial charge in [0.25, 0.3) is 5.91 Å². The molecule has 2 atom stereocenters. The van der Waals surface area contributed by atoms with E-state index in [9.17, 15) is 14.4 Å². The molecule has 12 heteroatoms. The monoisotopic (exact) mass is 682 g/mol. The Labute approximate surface area is 291 Å². The van der Waals surface area contributed by atoms with Crippen molar-refractivity contribution in [2.75, 3.05) is 25.0 Å². The fourth-order valence-electron chi connectivity index (χ4n) is 6.70. The van der Waals surface area contributed by atoms with Crippen LogP contribution in [0.2, 0.25) is 5.28 Å². The molecule has 7 N–H and O–H groups in total. The van der Waals surface area contributed by atoms with Gasteiger partial charge in [0.05, 0.1) is 0 Å². The molecule has 2 fully saturated rings. The Morgan fingerprint density at radius 3 is 2.31 bits per heavy atom. The van der Waals surface area contributed by atoms with Gasteiger partial charge >= 0.3 is 0 Å². The second kappa shape index (κ2) is 15.8. The maximum absolute atomic E-state index is 13.7. The molecule has 3 amide bonds. The number of carbonyl (C=O) groups excluding carboxylic acids is 3. The van der Waals surface area contributed by atoms with Gasteiger partial charge in [-0.15, -0.1) is 10.2 Å². The molecule has 1 aromatic heterocycles. The first-order chi connectivity index (χ1) is 23.7. The number of nitrogens with two attached hydrogens (primary N) is 1. The number of hydrogen-bond donors (Lipinski definition) is 6. The summed E-state index contributed by atoms with van der Waals surface area (Å²) in [4.78, 5) is 42.8. The molecule has 0 radical (unpaired) electrons. The Hall–Kier alpha value is -4.58. The number of benzene rings is 3. The van der Waals surface area contributed by atoms with Crippen LogP contribution in [0.4, 0.5) is 5.69 Å². The lowest BCUT2D eigenvalue weighted by molar-refractivity contribution is -0.130. The van der Waals surface area contributed by atoms with Gasteiger partial charge in [0.1, 0.15) is 6.04 Å². The zero-order chi connectivity index (χ0) is 34.3. The van der Waals surface area contributed by atoms with E-state index in [1.54, 1.807) is 12.1 Å². The lowest BCUT2D eigenvalue weighted by Gasteiger charge is -2.28. The van der Waals surface area contributed by atoms with E-state index in [4.69, 9.17) is 17.3 Å². The Balaban J connectivity index is 1.14. The highest BCUT2D eigenvalue weighted by molar-refractivity contribution is 6.28. The van der Waals surface area contributed by atoms with E-state index in [2.05, 4.69) is 36.4 Å². The first-order valence-electron chi connectivity index (χ1n) is 17.0. The first kappa shape index (κ1) is 34.3. The number of amides is 3. The van der Waals surface area contributed by atoms with Crippen molar-refractivity contribution in [2.45, 2.75) is 57.5 Å². The second-order valence-electron chi connectivity index (χ2n) is 13.1. The third-order valence-corrected chi connectivity index (χ3v) is 9.83. The van der Waals surface area contributed by atoms with Crippen LogP contribution in [-0.2, 0) is 16.0 Å². The Kier molecular flexibility index (Phi) is 11.0. The Bertz CT molecular complexity index is 1760. The van der Waals surface area contributed by atoms with E-state index in [1.165, 1.54) is 0 Å². The van der Waals surface area contributed by atoms with Crippen molar-refractivity contribution in [2.24, 2.45) is 17.6 Å². The van der Waals surface area contributed by atoms with Gasteiger partial charge in [0.15, 0.2) is 5.82 Å². The summed E-state index contributed by atoms with van der Waals surface area (Å²) in [5.74, 6) is 0.360. The summed E-state index contributed by atoms with van der Waals surface area (Å²) in [6.45, 7) is 4.35. The molecule has 49 heavy (non-hydrogen) atoms. The van der Waals surface area contributed by atoms with Crippen molar-refractivity contribution in [3.8, 4) is 22.5 Å². The van der Waals surface area contributed by atoms with Gasteiger partial charge in [-0.25, -0.2) is 0 Å². The van der Waals surface area contributed by atoms with Gasteiger partial charge < -0.3 is 32.0 Å². The molecule has 256 valence electrons. The standard InChI is InChI=1S/C37H43ClN8O3/c1-22-18-28(35(48)42-30-16-17-40-21-30)12-15-31(22)25-6-2-23(3-7-25)19-32(43-34(47)27-8-4-24(20-39)5-9-27)36(49)41-29-13-10-26(11-14-29)33-44-37(38)46-45-33/h2-3,6-7,10-15,18,24,27,30,32,40H,4-5,8-9,16-17,19-21,39H2,1H3,(H,41,49)(H,42,48)(H,43,47)(H,44,45,46)/t24-,27-,30-,32-/m0/s1. The minimum absolute atomic E-state index is 0.0619. The van der Waals surface area contributed by atoms with Crippen LogP contribution in [0.5, 0.6) is 0 Å². The molecule has 2 heterocycles. The van der Waals surface area contributed by atoms with Crippen LogP contribution in [0.3, 0.4) is 0 Å². The number of aromatic amines is 1. The molecule has 0 unspecified atom stereocenters. The predicted molar refractivity (Wildman–Crippen MR) is 191 cm³/mol. The lowest BCUT2D eigenvalue weighted by atomic mass is 9.81. The number of rotatable bonds is 11. The number of H-pyrrole nitrogens is 1. The van der Waals surface area contributed by atoms with Crippen LogP contribution in [0.1, 0.15) is 53.6 Å². The predicted octanol–water partition coefficient (Wildman–Crippen LogP) is 4.62. The zero-order valence-electron chi connectivity index (χ0n) is 27.6. The van der Waals surface area contributed by atoms with E-state index in [0.717, 1.165) is 73.0 Å². The summed E-state index contributed by atoms with van der Waals surface area (Å²) in [7, 11) is 0. The molecule has 0 bridgehead atoms. The van der Waals surface area contributed by atoms with Crippen molar-refractivity contribution >= 4 is 35.0 Å². The number of nitrogens with zero attached hydrogens (tertiary/aromatic N) is 2. The highest BCUT2D eigenvalue weighted by Gasteiger charge is 2.29. The van der Waals surface area contributed by atoms with Crippen LogP contribution >= 0.6 is 11.6 Å². The molecule has 6 rings (SSSR count). The fourth-order valence-corrected chi connectivity index (χ4v) is 6.83. The summed E-state index contributed by atoms with van der Waals surface area (Å²) in [6, 6.07) is 20.3. The molecule has 4 aromatic rings. The highest BCUT2D eigenvalue weighted by Crippen LogP contribution is 2.29. The summed E-state index contributed by atoms with van der Waals surface area (Å²) in [5, 5.41) is 20.4. The van der Waals surface area contributed by atoms with Crippen LogP contribution in [0.15, 0.2) is 66.7 Å². The molecular formula is C37H43ClN8O3. The maximum atomic E-state index is 13.7. The molecule has 2 aliphatic rings. The third kappa shape index (κ3) is 8.72. The van der Waals surface area contributed by atoms with Gasteiger partial charge in [0, 0.05) is 41.7 Å². The Morgan fingerprint density at radius 1 is 0.939 bits per heavy atom. The minimum atomic E-state index is -0.784. The minimum Gasteiger partial charge on any atom is -0.348 e. The van der Waals surface area contributed by atoms with E-state index < -0.39 is 6.04 Å². The van der Waals surface area contributed by atoms with E-state index >= 15 is 0 Å². The molecule has 1 aliphatic heterocycles. The maximum Gasteiger partial charge on any atom is 0.251 e. The van der Waals surface area contributed by atoms with Crippen LogP contribution in [-0.4, -0.2) is 64.6 Å². The normalized spacial score (nSPS) is 19.6. The quantitative estimate of drug-likeness (QED) is 0.134. The summed E-state index contributed by atoms with van der Waals surface area (Å²) in [5.41, 5.74) is 11.8. The highest BCUT2D eigenvalue weighted by atomic mass is 35.5. The van der Waals surface area contributed by atoms with Crippen molar-refractivity contribution in [3.63, 3.8) is 0 Å². The smallest absolute Gasteiger partial charge is 0.251 e. The van der Waals surface area contributed by atoms with Gasteiger partial charge in [-0.1, -0.05) is 30.3 Å². The second-order valence-corrected chi connectivity index (χ2v) is 13.5. The van der Waals surface area contributed by atoms with Crippen LogP contribution in [0, 0.1) is 18.8 Å². The van der Waals surface area contributed by atoms with Crippen LogP contribution < -0.4 is 27.0 Å². The average Bonchev–Trinajstić information content (AvgIpc) is 3.80. The van der Waals surface area contributed by atoms with Crippen molar-refractivity contribution in [1.29, 1.82) is 0 Å². The zero-order valence-corrected chi connectivity index (χ0v) is 28.4. The summed E-state index contributed by atoms with van der Waals surface area (Å²) in [6.07, 6.45) is 4.62. The first-order valence-corrected chi connectivity index (χ1v) is 17.3. The van der Waals surface area contributed by atoms with Crippen molar-refractivity contribution in [1.82, 2.24) is 31.1 Å². The van der Waals surface area contributed by atoms with E-state index in [1.807, 2.05) is 61.5 Å². The van der Waals surface area contributed by atoms with Gasteiger partial charge in [-0.2, -0.15) is 0 Å². The topological polar surface area (TPSA) is 167 Å². The molecule has 11 nitrogen and oxygen atoms in total. The number of halogens is 1. The lowest BCUT2D eigenvalue weighted by Crippen LogP contribution is -2.48. The summed E-state index contributed by atoms with van der Waals surface area (Å²) >= 11 is 5.87. The number of hydrogen-bond acceptors (Lipinski definition) is 7. The van der Waals surface area contributed by atoms with Gasteiger partial charge in [0.2, 0.25) is 17.1 Å². The Morgan fingerprint density at radius 2 is 1.67 bits per heavy atom. The van der Waals surface area contributed by atoms with E-state index in [0.29, 0.717) is 36.0 Å². The molecule has 1 saturated heterocycles. The number of carbonyl (C=O) groups is 3. The van der Waals surface area contributed by atoms with Crippen molar-refractivity contribution < 1.29 is 14.4 Å². The SMILES string of the molecule is Cc1cc(C(=O)N[C@H]2CCNC2)ccc1-c1ccc(C[C@H](NC(=O)[C@H]2CC[C@H](CN)CC2)C(=O)Nc2ccc(-c3nnc(Cl)[nH]3)cc2)cc1. The van der Waals surface area contributed by atoms with Gasteiger partial charge in [-0.3, -0.25) is 14.4 Å². The third-order valence-electron chi connectivity index (χ3n) is 9.66. The number of nitrogens with one attached hydrogen (secondary N) is 5. The van der Waals surface area contributed by atoms with Crippen LogP contribution in [0.25, 0.3) is 22.5 Å². The van der Waals surface area contributed by atoms with E-state index in [-0.39, 0.29) is 35.0 Å². The number of aryl methyl sites for hydroxylation is 1. The number of aromatic nitrogens is 3. The average molecular weight is 683 g/mol. The van der Waals surface area contributed by atoms with Gasteiger partial charge in [-0.05, 0) is 128 Å². The van der Waals surface area contributed by atoms with Crippen molar-refractivity contribution in [3.05, 3.63) is 88.7 Å². The fraction of sp³-hybridized carbons (Fsp3) is 0.378. The largest absolute Gasteiger partial charge is 0.348 e. The summed E-state index contributed by atoms with van der Waals surface area (Å²) < 4.78 is 0. The molecule has 1 aliphatic carbocycles. The molecule has 3 aromatic carbocycles.